The first-order chi connectivity index (χ1) is 16.1. The Kier molecular flexibility index (Phi) is 5.84. The number of carbonyl (C=O) groups excluding carboxylic acids is 2. The van der Waals surface area contributed by atoms with Crippen LogP contribution in [0.5, 0.6) is 0 Å². The number of hydrogen-bond acceptors (Lipinski definition) is 6. The lowest BCUT2D eigenvalue weighted by atomic mass is 10.0. The molecule has 3 N–H and O–H groups in total. The van der Waals surface area contributed by atoms with Crippen LogP contribution in [0.4, 0.5) is 29.5 Å². The van der Waals surface area contributed by atoms with Crippen molar-refractivity contribution in [2.24, 2.45) is 0 Å². The zero-order chi connectivity index (χ0) is 24.5. The summed E-state index contributed by atoms with van der Waals surface area (Å²) >= 11 is 0. The van der Waals surface area contributed by atoms with Gasteiger partial charge in [0.1, 0.15) is 0 Å². The van der Waals surface area contributed by atoms with Crippen LogP contribution in [0.15, 0.2) is 49.1 Å². The van der Waals surface area contributed by atoms with Gasteiger partial charge in [0, 0.05) is 31.2 Å². The van der Waals surface area contributed by atoms with Crippen molar-refractivity contribution in [1.29, 1.82) is 0 Å². The number of nitrogens with one attached hydrogen (secondary N) is 3. The number of benzene rings is 1. The van der Waals surface area contributed by atoms with Crippen LogP contribution in [-0.4, -0.2) is 56.1 Å². The Morgan fingerprint density at radius 1 is 0.971 bits per heavy atom. The fraction of sp³-hybridized carbons (Fsp3) is 0.143. The summed E-state index contributed by atoms with van der Waals surface area (Å²) in [6.45, 7) is 0. The van der Waals surface area contributed by atoms with Crippen molar-refractivity contribution in [3.63, 3.8) is 0 Å². The van der Waals surface area contributed by atoms with Gasteiger partial charge in [-0.1, -0.05) is 6.07 Å². The van der Waals surface area contributed by atoms with Crippen molar-refractivity contribution in [2.75, 3.05) is 24.7 Å². The number of urea groups is 1. The second-order valence-corrected chi connectivity index (χ2v) is 7.36. The summed E-state index contributed by atoms with van der Waals surface area (Å²) < 4.78 is 37.9. The predicted molar refractivity (Wildman–Crippen MR) is 117 cm³/mol. The van der Waals surface area contributed by atoms with E-state index in [2.05, 4.69) is 35.8 Å². The number of fused-ring (bicyclic) bond motifs is 1. The minimum Gasteiger partial charge on any atom is -0.331 e. The van der Waals surface area contributed by atoms with E-state index in [9.17, 15) is 22.8 Å². The largest absolute Gasteiger partial charge is 0.434 e. The molecule has 0 bridgehead atoms. The fourth-order valence-electron chi connectivity index (χ4n) is 2.98. The summed E-state index contributed by atoms with van der Waals surface area (Å²) in [4.78, 5) is 37.0. The normalized spacial score (nSPS) is 11.3. The zero-order valence-corrected chi connectivity index (χ0v) is 17.8. The van der Waals surface area contributed by atoms with Crippen molar-refractivity contribution in [2.45, 2.75) is 6.18 Å². The number of carbonyl (C=O) groups is 2. The fourth-order valence-corrected chi connectivity index (χ4v) is 2.98. The Morgan fingerprint density at radius 2 is 1.76 bits per heavy atom. The molecule has 3 amide bonds. The van der Waals surface area contributed by atoms with E-state index in [1.807, 2.05) is 0 Å². The molecule has 34 heavy (non-hydrogen) atoms. The van der Waals surface area contributed by atoms with Crippen molar-refractivity contribution < 1.29 is 22.8 Å². The van der Waals surface area contributed by atoms with E-state index in [4.69, 9.17) is 0 Å². The third-order valence-corrected chi connectivity index (χ3v) is 4.69. The number of halogens is 3. The molecule has 174 valence electrons. The van der Waals surface area contributed by atoms with E-state index in [1.54, 1.807) is 44.6 Å². The first-order valence-corrected chi connectivity index (χ1v) is 9.74. The number of H-pyrrole nitrogens is 1. The van der Waals surface area contributed by atoms with E-state index in [1.165, 1.54) is 11.1 Å². The quantitative estimate of drug-likeness (QED) is 0.416. The van der Waals surface area contributed by atoms with Crippen LogP contribution in [0.3, 0.4) is 0 Å². The predicted octanol–water partition coefficient (Wildman–Crippen LogP) is 3.78. The van der Waals surface area contributed by atoms with Crippen LogP contribution in [0.2, 0.25) is 0 Å². The van der Waals surface area contributed by atoms with Crippen LogP contribution >= 0.6 is 0 Å². The maximum Gasteiger partial charge on any atom is 0.434 e. The monoisotopic (exact) mass is 470 g/mol. The van der Waals surface area contributed by atoms with Gasteiger partial charge in [-0.2, -0.15) is 18.3 Å². The van der Waals surface area contributed by atoms with Gasteiger partial charge in [-0.3, -0.25) is 14.9 Å². The number of aromatic amines is 1. The van der Waals surface area contributed by atoms with Crippen molar-refractivity contribution in [1.82, 2.24) is 30.0 Å². The third-order valence-electron chi connectivity index (χ3n) is 4.69. The van der Waals surface area contributed by atoms with Crippen LogP contribution in [0, 0.1) is 0 Å². The molecule has 0 unspecified atom stereocenters. The highest BCUT2D eigenvalue weighted by Gasteiger charge is 2.32. The summed E-state index contributed by atoms with van der Waals surface area (Å²) in [5.74, 6) is -0.832. The molecule has 4 rings (SSSR count). The summed E-state index contributed by atoms with van der Waals surface area (Å²) in [6.07, 6.45) is -0.174. The van der Waals surface area contributed by atoms with Gasteiger partial charge in [0.25, 0.3) is 5.91 Å². The highest BCUT2D eigenvalue weighted by atomic mass is 19.4. The summed E-state index contributed by atoms with van der Waals surface area (Å²) in [7, 11) is 3.23. The van der Waals surface area contributed by atoms with Crippen molar-refractivity contribution in [3.8, 4) is 11.1 Å². The first kappa shape index (κ1) is 22.6. The molecule has 3 heterocycles. The molecular weight excluding hydrogens is 453 g/mol. The molecule has 0 aliphatic carbocycles. The number of alkyl halides is 3. The van der Waals surface area contributed by atoms with E-state index in [-0.39, 0.29) is 17.5 Å². The van der Waals surface area contributed by atoms with E-state index in [0.29, 0.717) is 33.9 Å². The topological polar surface area (TPSA) is 129 Å². The average Bonchev–Trinajstić information content (AvgIpc) is 3.22. The molecule has 10 nitrogen and oxygen atoms in total. The van der Waals surface area contributed by atoms with Gasteiger partial charge in [-0.25, -0.2) is 14.8 Å². The number of hydrogen-bond donors (Lipinski definition) is 3. The molecule has 0 radical (unpaired) electrons. The number of aromatic nitrogens is 5. The van der Waals surface area contributed by atoms with Crippen molar-refractivity contribution in [3.05, 3.63) is 60.4 Å². The lowest BCUT2D eigenvalue weighted by Crippen LogP contribution is -2.27. The number of anilines is 2. The molecule has 4 aromatic rings. The summed E-state index contributed by atoms with van der Waals surface area (Å²) in [6, 6.07) is 6.64. The van der Waals surface area contributed by atoms with Crippen LogP contribution in [-0.2, 0) is 6.18 Å². The summed E-state index contributed by atoms with van der Waals surface area (Å²) in [5.41, 5.74) is 1.28. The van der Waals surface area contributed by atoms with Gasteiger partial charge in [0.2, 0.25) is 0 Å². The minimum atomic E-state index is -4.63. The third kappa shape index (κ3) is 4.77. The molecule has 0 aliphatic rings. The van der Waals surface area contributed by atoms with E-state index < -0.39 is 17.8 Å². The van der Waals surface area contributed by atoms with Gasteiger partial charge in [-0.15, -0.1) is 0 Å². The van der Waals surface area contributed by atoms with Gasteiger partial charge in [-0.05, 0) is 23.8 Å². The molecule has 3 aromatic heterocycles. The first-order valence-electron chi connectivity index (χ1n) is 9.74. The molecule has 0 fully saturated rings. The highest BCUT2D eigenvalue weighted by Crippen LogP contribution is 2.28. The van der Waals surface area contributed by atoms with Crippen LogP contribution < -0.4 is 10.6 Å². The maximum absolute atomic E-state index is 12.7. The van der Waals surface area contributed by atoms with Gasteiger partial charge in [0.15, 0.2) is 17.2 Å². The molecule has 0 atom stereocenters. The Hall–Kier alpha value is -4.55. The molecule has 1 aromatic carbocycles. The molecular formula is C21H17F3N8O2. The Labute approximate surface area is 190 Å². The number of nitrogens with zero attached hydrogens (tertiary/aromatic N) is 5. The van der Waals surface area contributed by atoms with Crippen LogP contribution in [0.25, 0.3) is 22.0 Å². The van der Waals surface area contributed by atoms with Crippen molar-refractivity contribution >= 4 is 34.3 Å². The minimum absolute atomic E-state index is 0.0172. The lowest BCUT2D eigenvalue weighted by Gasteiger charge is -2.12. The molecule has 0 spiro atoms. The van der Waals surface area contributed by atoms with E-state index in [0.717, 1.165) is 6.20 Å². The Balaban J connectivity index is 1.59. The molecule has 0 aliphatic heterocycles. The molecule has 13 heteroatoms. The highest BCUT2D eigenvalue weighted by molar-refractivity contribution is 6.11. The average molecular weight is 470 g/mol. The number of pyridine rings is 1. The number of amides is 3. The smallest absolute Gasteiger partial charge is 0.331 e. The summed E-state index contributed by atoms with van der Waals surface area (Å²) in [5, 5.41) is 12.3. The standard InChI is InChI=1S/C21H17F3N8O2/c1-32(2)20(34)28-13-5-12(7-25-8-13)11-3-4-15-14(6-11)18(31-30-15)19(33)29-17-10-26-16(9-27-17)21(22,23)24/h3-10H,1-2H3,(H,28,34)(H,30,31)(H,27,29,33). The molecule has 0 saturated heterocycles. The Morgan fingerprint density at radius 3 is 2.44 bits per heavy atom. The number of rotatable bonds is 4. The SMILES string of the molecule is CN(C)C(=O)Nc1cncc(-c2ccc3[nH]nc(C(=O)Nc4cnc(C(F)(F)F)cn4)c3c2)c1. The van der Waals surface area contributed by atoms with Gasteiger partial charge < -0.3 is 15.5 Å². The zero-order valence-electron chi connectivity index (χ0n) is 17.8. The van der Waals surface area contributed by atoms with Crippen LogP contribution in [0.1, 0.15) is 16.2 Å². The second kappa shape index (κ2) is 8.77. The van der Waals surface area contributed by atoms with Gasteiger partial charge >= 0.3 is 12.2 Å². The van der Waals surface area contributed by atoms with Gasteiger partial charge in [0.05, 0.1) is 29.8 Å². The lowest BCUT2D eigenvalue weighted by molar-refractivity contribution is -0.141. The second-order valence-electron chi connectivity index (χ2n) is 7.36. The molecule has 0 saturated carbocycles. The maximum atomic E-state index is 12.7. The Bertz CT molecular complexity index is 1370. The van der Waals surface area contributed by atoms with E-state index >= 15 is 0 Å².